The minimum Gasteiger partial charge on any atom is -0.466 e. The van der Waals surface area contributed by atoms with Gasteiger partial charge in [0.25, 0.3) is 0 Å². The molecule has 1 aromatic rings. The summed E-state index contributed by atoms with van der Waals surface area (Å²) in [6.07, 6.45) is 1.10. The predicted octanol–water partition coefficient (Wildman–Crippen LogP) is 4.08. The zero-order valence-corrected chi connectivity index (χ0v) is 12.9. The highest BCUT2D eigenvalue weighted by atomic mass is 35.5. The zero-order valence-electron chi connectivity index (χ0n) is 10.6. The molecule has 6 heteroatoms. The molecule has 0 radical (unpaired) electrons. The number of benzene rings is 1. The highest BCUT2D eigenvalue weighted by Gasteiger charge is 2.09. The van der Waals surface area contributed by atoms with Crippen molar-refractivity contribution < 1.29 is 9.53 Å². The lowest BCUT2D eigenvalue weighted by atomic mass is 10.2. The molecule has 0 aliphatic carbocycles. The van der Waals surface area contributed by atoms with E-state index in [2.05, 4.69) is 5.32 Å². The van der Waals surface area contributed by atoms with Crippen LogP contribution in [0.15, 0.2) is 12.1 Å². The molecule has 0 saturated carbocycles. The highest BCUT2D eigenvalue weighted by Crippen LogP contribution is 2.31. The van der Waals surface area contributed by atoms with Crippen LogP contribution in [0.1, 0.15) is 25.3 Å². The fourth-order valence-corrected chi connectivity index (χ4v) is 2.22. The molecule has 0 aliphatic rings. The van der Waals surface area contributed by atoms with Crippen LogP contribution in [0, 0.1) is 0 Å². The quantitative estimate of drug-likeness (QED) is 0.466. The van der Waals surface area contributed by atoms with Crippen molar-refractivity contribution in [2.45, 2.75) is 26.3 Å². The van der Waals surface area contributed by atoms with Gasteiger partial charge < -0.3 is 10.1 Å². The van der Waals surface area contributed by atoms with E-state index >= 15 is 0 Å². The number of carbonyl (C=O) groups excluding carboxylic acids is 1. The molecule has 106 valence electrons. The van der Waals surface area contributed by atoms with Crippen LogP contribution in [-0.4, -0.2) is 19.1 Å². The van der Waals surface area contributed by atoms with Crippen molar-refractivity contribution in [2.24, 2.45) is 0 Å². The first-order valence-electron chi connectivity index (χ1n) is 6.05. The van der Waals surface area contributed by atoms with Gasteiger partial charge in [0, 0.05) is 23.6 Å². The highest BCUT2D eigenvalue weighted by molar-refractivity contribution is 6.44. The Morgan fingerprint density at radius 3 is 2.63 bits per heavy atom. The summed E-state index contributed by atoms with van der Waals surface area (Å²) < 4.78 is 4.83. The van der Waals surface area contributed by atoms with Gasteiger partial charge in [-0.15, -0.1) is 0 Å². The lowest BCUT2D eigenvalue weighted by molar-refractivity contribution is -0.143. The SMILES string of the molecule is CCOC(=O)CCCNCc1c(Cl)ccc(Cl)c1Cl. The Hall–Kier alpha value is -0.480. The van der Waals surface area contributed by atoms with Crippen LogP contribution in [0.5, 0.6) is 0 Å². The molecule has 0 bridgehead atoms. The van der Waals surface area contributed by atoms with Crippen molar-refractivity contribution in [2.75, 3.05) is 13.2 Å². The number of hydrogen-bond acceptors (Lipinski definition) is 3. The molecule has 3 nitrogen and oxygen atoms in total. The molecule has 0 aliphatic heterocycles. The third-order valence-corrected chi connectivity index (χ3v) is 3.68. The molecule has 0 aromatic heterocycles. The summed E-state index contributed by atoms with van der Waals surface area (Å²) in [4.78, 5) is 11.1. The van der Waals surface area contributed by atoms with E-state index in [9.17, 15) is 4.79 Å². The van der Waals surface area contributed by atoms with E-state index in [1.54, 1.807) is 19.1 Å². The van der Waals surface area contributed by atoms with Gasteiger partial charge >= 0.3 is 5.97 Å². The first-order chi connectivity index (χ1) is 9.06. The van der Waals surface area contributed by atoms with E-state index in [-0.39, 0.29) is 5.97 Å². The Bertz CT molecular complexity index is 438. The van der Waals surface area contributed by atoms with Crippen LogP contribution < -0.4 is 5.32 Å². The van der Waals surface area contributed by atoms with E-state index in [0.717, 1.165) is 5.56 Å². The molecule has 1 aromatic carbocycles. The number of carbonyl (C=O) groups is 1. The van der Waals surface area contributed by atoms with Crippen molar-refractivity contribution in [1.82, 2.24) is 5.32 Å². The van der Waals surface area contributed by atoms with Crippen molar-refractivity contribution in [3.63, 3.8) is 0 Å². The van der Waals surface area contributed by atoms with Gasteiger partial charge in [-0.2, -0.15) is 0 Å². The van der Waals surface area contributed by atoms with Crippen molar-refractivity contribution in [3.05, 3.63) is 32.8 Å². The Morgan fingerprint density at radius 1 is 1.26 bits per heavy atom. The Balaban J connectivity index is 2.34. The van der Waals surface area contributed by atoms with Gasteiger partial charge in [0.1, 0.15) is 0 Å². The van der Waals surface area contributed by atoms with Crippen molar-refractivity contribution in [1.29, 1.82) is 0 Å². The van der Waals surface area contributed by atoms with Gasteiger partial charge in [-0.25, -0.2) is 0 Å². The molecule has 0 amide bonds. The molecule has 19 heavy (non-hydrogen) atoms. The molecule has 1 N–H and O–H groups in total. The number of esters is 1. The number of rotatable bonds is 7. The normalized spacial score (nSPS) is 10.5. The maximum atomic E-state index is 11.1. The van der Waals surface area contributed by atoms with E-state index < -0.39 is 0 Å². The maximum absolute atomic E-state index is 11.1. The molecular formula is C13H16Cl3NO2. The summed E-state index contributed by atoms with van der Waals surface area (Å²) >= 11 is 18.0. The summed E-state index contributed by atoms with van der Waals surface area (Å²) in [6.45, 7) is 3.40. The summed E-state index contributed by atoms with van der Waals surface area (Å²) in [6, 6.07) is 3.38. The van der Waals surface area contributed by atoms with E-state index in [4.69, 9.17) is 39.5 Å². The number of hydrogen-bond donors (Lipinski definition) is 1. The maximum Gasteiger partial charge on any atom is 0.305 e. The van der Waals surface area contributed by atoms with E-state index in [0.29, 0.717) is 47.6 Å². The van der Waals surface area contributed by atoms with Crippen LogP contribution in [0.3, 0.4) is 0 Å². The first kappa shape index (κ1) is 16.6. The summed E-state index contributed by atoms with van der Waals surface area (Å²) in [5, 5.41) is 4.69. The second-order valence-electron chi connectivity index (χ2n) is 3.91. The van der Waals surface area contributed by atoms with E-state index in [1.165, 1.54) is 0 Å². The molecule has 0 spiro atoms. The summed E-state index contributed by atoms with van der Waals surface area (Å²) in [5.41, 5.74) is 0.770. The second kappa shape index (κ2) is 8.64. The minimum atomic E-state index is -0.178. The third-order valence-electron chi connectivity index (χ3n) is 2.48. The molecular weight excluding hydrogens is 309 g/mol. The van der Waals surface area contributed by atoms with Gasteiger partial charge in [-0.05, 0) is 32.0 Å². The van der Waals surface area contributed by atoms with Gasteiger partial charge in [-0.3, -0.25) is 4.79 Å². The molecule has 0 saturated heterocycles. The summed E-state index contributed by atoms with van der Waals surface area (Å²) in [5.74, 6) is -0.178. The zero-order chi connectivity index (χ0) is 14.3. The van der Waals surface area contributed by atoms with Gasteiger partial charge in [0.05, 0.1) is 16.7 Å². The standard InChI is InChI=1S/C13H16Cl3NO2/c1-2-19-12(18)4-3-7-17-8-9-10(14)5-6-11(15)13(9)16/h5-6,17H,2-4,7-8H2,1H3. The average Bonchev–Trinajstić information content (AvgIpc) is 2.38. The largest absolute Gasteiger partial charge is 0.466 e. The fourth-order valence-electron chi connectivity index (χ4n) is 1.54. The Kier molecular flexibility index (Phi) is 7.54. The predicted molar refractivity (Wildman–Crippen MR) is 79.0 cm³/mol. The Morgan fingerprint density at radius 2 is 1.95 bits per heavy atom. The smallest absolute Gasteiger partial charge is 0.305 e. The number of ether oxygens (including phenoxy) is 1. The molecule has 0 unspecified atom stereocenters. The van der Waals surface area contributed by atoms with Gasteiger partial charge in [0.2, 0.25) is 0 Å². The monoisotopic (exact) mass is 323 g/mol. The van der Waals surface area contributed by atoms with Crippen LogP contribution >= 0.6 is 34.8 Å². The topological polar surface area (TPSA) is 38.3 Å². The van der Waals surface area contributed by atoms with Crippen LogP contribution in [-0.2, 0) is 16.1 Å². The van der Waals surface area contributed by atoms with Crippen LogP contribution in [0.4, 0.5) is 0 Å². The van der Waals surface area contributed by atoms with Gasteiger partial charge in [-0.1, -0.05) is 34.8 Å². The molecule has 0 atom stereocenters. The van der Waals surface area contributed by atoms with Crippen molar-refractivity contribution in [3.8, 4) is 0 Å². The number of nitrogens with one attached hydrogen (secondary N) is 1. The minimum absolute atomic E-state index is 0.178. The Labute approximate surface area is 128 Å². The summed E-state index contributed by atoms with van der Waals surface area (Å²) in [7, 11) is 0. The fraction of sp³-hybridized carbons (Fsp3) is 0.462. The lowest BCUT2D eigenvalue weighted by Crippen LogP contribution is -2.17. The third kappa shape index (κ3) is 5.57. The van der Waals surface area contributed by atoms with Crippen LogP contribution in [0.25, 0.3) is 0 Å². The van der Waals surface area contributed by atoms with Gasteiger partial charge in [0.15, 0.2) is 0 Å². The molecule has 0 fully saturated rings. The molecule has 1 rings (SSSR count). The van der Waals surface area contributed by atoms with E-state index in [1.807, 2.05) is 0 Å². The lowest BCUT2D eigenvalue weighted by Gasteiger charge is -2.09. The van der Waals surface area contributed by atoms with Crippen molar-refractivity contribution >= 4 is 40.8 Å². The second-order valence-corrected chi connectivity index (χ2v) is 5.10. The molecule has 0 heterocycles. The average molecular weight is 325 g/mol. The number of halogens is 3. The first-order valence-corrected chi connectivity index (χ1v) is 7.18. The van der Waals surface area contributed by atoms with Crippen LogP contribution in [0.2, 0.25) is 15.1 Å².